The Morgan fingerprint density at radius 2 is 1.59 bits per heavy atom. The molecule has 1 aliphatic rings. The fourth-order valence-corrected chi connectivity index (χ4v) is 4.79. The molecule has 1 heterocycles. The summed E-state index contributed by atoms with van der Waals surface area (Å²) in [6, 6.07) is 15.9. The molecule has 0 N–H and O–H groups in total. The number of ether oxygens (including phenoxy) is 1. The van der Waals surface area contributed by atoms with Crippen molar-refractivity contribution in [2.75, 3.05) is 48.7 Å². The molecule has 0 bridgehead atoms. The van der Waals surface area contributed by atoms with Crippen LogP contribution >= 0.6 is 0 Å². The largest absolute Gasteiger partial charge is 0.497 e. The predicted molar refractivity (Wildman–Crippen MR) is 115 cm³/mol. The summed E-state index contributed by atoms with van der Waals surface area (Å²) in [6.07, 6.45) is 1.12. The molecule has 0 unspecified atom stereocenters. The highest BCUT2D eigenvalue weighted by atomic mass is 32.2. The molecule has 1 saturated heterocycles. The van der Waals surface area contributed by atoms with E-state index in [1.54, 1.807) is 43.2 Å². The molecule has 1 amide bonds. The van der Waals surface area contributed by atoms with Crippen molar-refractivity contribution in [3.8, 4) is 5.75 Å². The second-order valence-corrected chi connectivity index (χ2v) is 8.94. The molecule has 8 heteroatoms. The van der Waals surface area contributed by atoms with Crippen LogP contribution in [0.4, 0.5) is 11.4 Å². The molecule has 0 aromatic heterocycles. The zero-order valence-corrected chi connectivity index (χ0v) is 17.8. The molecule has 0 saturated carbocycles. The molecule has 3 rings (SSSR count). The van der Waals surface area contributed by atoms with Crippen molar-refractivity contribution in [2.24, 2.45) is 0 Å². The summed E-state index contributed by atoms with van der Waals surface area (Å²) < 4.78 is 31.3. The van der Waals surface area contributed by atoms with Crippen LogP contribution in [0.15, 0.2) is 54.6 Å². The van der Waals surface area contributed by atoms with Gasteiger partial charge < -0.3 is 14.5 Å². The van der Waals surface area contributed by atoms with Crippen LogP contribution in [-0.4, -0.2) is 64.8 Å². The first-order valence-electron chi connectivity index (χ1n) is 9.53. The highest BCUT2D eigenvalue weighted by Crippen LogP contribution is 2.25. The second kappa shape index (κ2) is 8.73. The van der Waals surface area contributed by atoms with Crippen molar-refractivity contribution in [3.63, 3.8) is 0 Å². The number of sulfonamides is 1. The van der Waals surface area contributed by atoms with Gasteiger partial charge in [0.1, 0.15) is 11.8 Å². The van der Waals surface area contributed by atoms with Gasteiger partial charge in [0.25, 0.3) is 0 Å². The number of rotatable bonds is 6. The van der Waals surface area contributed by atoms with Crippen molar-refractivity contribution in [1.29, 1.82) is 0 Å². The summed E-state index contributed by atoms with van der Waals surface area (Å²) in [7, 11) is -2.09. The Kier molecular flexibility index (Phi) is 6.32. The maximum absolute atomic E-state index is 13.1. The van der Waals surface area contributed by atoms with E-state index < -0.39 is 16.1 Å². The van der Waals surface area contributed by atoms with Crippen LogP contribution in [0.5, 0.6) is 5.75 Å². The fourth-order valence-electron chi connectivity index (χ4n) is 3.62. The van der Waals surface area contributed by atoms with Crippen molar-refractivity contribution in [2.45, 2.75) is 13.0 Å². The van der Waals surface area contributed by atoms with Gasteiger partial charge in [-0.15, -0.1) is 0 Å². The van der Waals surface area contributed by atoms with Crippen LogP contribution in [-0.2, 0) is 14.8 Å². The van der Waals surface area contributed by atoms with E-state index >= 15 is 0 Å². The standard InChI is InChI=1S/C21H27N3O4S/c1-17(24(29(3,26)27)19-9-11-20(28-2)12-10-19)21(25)23-15-13-22(14-16-23)18-7-5-4-6-8-18/h4-12,17H,13-16H2,1-3H3/t17-/m0/s1. The van der Waals surface area contributed by atoms with Gasteiger partial charge in [0.15, 0.2) is 0 Å². The van der Waals surface area contributed by atoms with Crippen LogP contribution in [0, 0.1) is 0 Å². The molecule has 2 aromatic carbocycles. The van der Waals surface area contributed by atoms with Gasteiger partial charge >= 0.3 is 0 Å². The summed E-state index contributed by atoms with van der Waals surface area (Å²) in [4.78, 5) is 17.1. The Morgan fingerprint density at radius 3 is 2.10 bits per heavy atom. The minimum atomic E-state index is -3.64. The summed E-state index contributed by atoms with van der Waals surface area (Å²) in [6.45, 7) is 4.17. The lowest BCUT2D eigenvalue weighted by Gasteiger charge is -2.39. The normalized spacial score (nSPS) is 15.7. The number of anilines is 2. The average molecular weight is 418 g/mol. The number of carbonyl (C=O) groups is 1. The minimum Gasteiger partial charge on any atom is -0.497 e. The van der Waals surface area contributed by atoms with Gasteiger partial charge in [-0.1, -0.05) is 18.2 Å². The molecular formula is C21H27N3O4S. The third-order valence-electron chi connectivity index (χ3n) is 5.11. The van der Waals surface area contributed by atoms with E-state index in [1.165, 1.54) is 4.31 Å². The molecule has 1 aliphatic heterocycles. The average Bonchev–Trinajstić information content (AvgIpc) is 2.73. The van der Waals surface area contributed by atoms with E-state index in [1.807, 2.05) is 18.2 Å². The first-order chi connectivity index (χ1) is 13.8. The smallest absolute Gasteiger partial charge is 0.246 e. The van der Waals surface area contributed by atoms with E-state index in [9.17, 15) is 13.2 Å². The molecule has 0 aliphatic carbocycles. The maximum Gasteiger partial charge on any atom is 0.246 e. The Hall–Kier alpha value is -2.74. The Labute approximate surface area is 172 Å². The predicted octanol–water partition coefficient (Wildman–Crippen LogP) is 2.20. The molecule has 0 spiro atoms. The molecule has 156 valence electrons. The number of benzene rings is 2. The van der Waals surface area contributed by atoms with Crippen LogP contribution in [0.2, 0.25) is 0 Å². The van der Waals surface area contributed by atoms with Crippen molar-refractivity contribution in [3.05, 3.63) is 54.6 Å². The quantitative estimate of drug-likeness (QED) is 0.721. The van der Waals surface area contributed by atoms with Gasteiger partial charge in [-0.3, -0.25) is 9.10 Å². The molecular weight excluding hydrogens is 390 g/mol. The first-order valence-corrected chi connectivity index (χ1v) is 11.4. The molecule has 1 fully saturated rings. The van der Waals surface area contributed by atoms with E-state index in [-0.39, 0.29) is 5.91 Å². The summed E-state index contributed by atoms with van der Waals surface area (Å²) in [5.74, 6) is 0.428. The van der Waals surface area contributed by atoms with Gasteiger partial charge in [0.2, 0.25) is 15.9 Å². The van der Waals surface area contributed by atoms with Crippen LogP contribution < -0.4 is 13.9 Å². The van der Waals surface area contributed by atoms with Gasteiger partial charge in [-0.05, 0) is 43.3 Å². The Morgan fingerprint density at radius 1 is 1.00 bits per heavy atom. The maximum atomic E-state index is 13.1. The highest BCUT2D eigenvalue weighted by Gasteiger charge is 2.33. The highest BCUT2D eigenvalue weighted by molar-refractivity contribution is 7.92. The van der Waals surface area contributed by atoms with E-state index in [4.69, 9.17) is 4.74 Å². The first kappa shape index (κ1) is 21.0. The van der Waals surface area contributed by atoms with Crippen LogP contribution in [0.3, 0.4) is 0 Å². The number of carbonyl (C=O) groups excluding carboxylic acids is 1. The third-order valence-corrected chi connectivity index (χ3v) is 6.35. The third kappa shape index (κ3) is 4.82. The van der Waals surface area contributed by atoms with Gasteiger partial charge in [-0.2, -0.15) is 0 Å². The van der Waals surface area contributed by atoms with Crippen LogP contribution in [0.1, 0.15) is 6.92 Å². The van der Waals surface area contributed by atoms with Crippen molar-refractivity contribution < 1.29 is 17.9 Å². The molecule has 1 atom stereocenters. The molecule has 2 aromatic rings. The monoisotopic (exact) mass is 417 g/mol. The Bertz CT molecular complexity index is 924. The van der Waals surface area contributed by atoms with Gasteiger partial charge in [-0.25, -0.2) is 8.42 Å². The lowest BCUT2D eigenvalue weighted by atomic mass is 10.2. The van der Waals surface area contributed by atoms with Crippen molar-refractivity contribution >= 4 is 27.3 Å². The van der Waals surface area contributed by atoms with Gasteiger partial charge in [0.05, 0.1) is 19.1 Å². The lowest BCUT2D eigenvalue weighted by Crippen LogP contribution is -2.55. The number of hydrogen-bond donors (Lipinski definition) is 0. The number of hydrogen-bond acceptors (Lipinski definition) is 5. The summed E-state index contributed by atoms with van der Waals surface area (Å²) >= 11 is 0. The molecule has 7 nitrogen and oxygen atoms in total. The van der Waals surface area contributed by atoms with Gasteiger partial charge in [0, 0.05) is 31.9 Å². The summed E-state index contributed by atoms with van der Waals surface area (Å²) in [5, 5.41) is 0. The number of nitrogens with zero attached hydrogens (tertiary/aromatic N) is 3. The Balaban J connectivity index is 1.73. The SMILES string of the molecule is COc1ccc(N([C@@H](C)C(=O)N2CCN(c3ccccc3)CC2)S(C)(=O)=O)cc1. The molecule has 29 heavy (non-hydrogen) atoms. The molecule has 0 radical (unpaired) electrons. The lowest BCUT2D eigenvalue weighted by molar-refractivity contribution is -0.132. The zero-order valence-electron chi connectivity index (χ0n) is 17.0. The van der Waals surface area contributed by atoms with E-state index in [0.29, 0.717) is 37.6 Å². The minimum absolute atomic E-state index is 0.195. The van der Waals surface area contributed by atoms with E-state index in [0.717, 1.165) is 11.9 Å². The number of methoxy groups -OCH3 is 1. The summed E-state index contributed by atoms with van der Waals surface area (Å²) in [5.41, 5.74) is 1.57. The van der Waals surface area contributed by atoms with Crippen molar-refractivity contribution in [1.82, 2.24) is 4.90 Å². The topological polar surface area (TPSA) is 70.2 Å². The number of amides is 1. The fraction of sp³-hybridized carbons (Fsp3) is 0.381. The zero-order chi connectivity index (χ0) is 21.0. The number of piperazine rings is 1. The second-order valence-electron chi connectivity index (χ2n) is 7.08. The van der Waals surface area contributed by atoms with Crippen LogP contribution in [0.25, 0.3) is 0 Å². The van der Waals surface area contributed by atoms with E-state index in [2.05, 4.69) is 17.0 Å². The number of para-hydroxylation sites is 1.